The summed E-state index contributed by atoms with van der Waals surface area (Å²) in [5.74, 6) is -0.635. The highest BCUT2D eigenvalue weighted by Crippen LogP contribution is 2.27. The van der Waals surface area contributed by atoms with Gasteiger partial charge in [-0.05, 0) is 18.1 Å². The van der Waals surface area contributed by atoms with Crippen molar-refractivity contribution in [3.63, 3.8) is 0 Å². The molecule has 1 heterocycles. The number of rotatable bonds is 3. The van der Waals surface area contributed by atoms with Crippen molar-refractivity contribution >= 4 is 0 Å². The fraction of sp³-hybridized carbons (Fsp3) is 0.444. The zero-order valence-electron chi connectivity index (χ0n) is 8.51. The smallest absolute Gasteiger partial charge is 0.391 e. The van der Waals surface area contributed by atoms with Crippen LogP contribution in [0.25, 0.3) is 0 Å². The van der Waals surface area contributed by atoms with Crippen LogP contribution < -0.4 is 10.5 Å². The van der Waals surface area contributed by atoms with Gasteiger partial charge in [-0.3, -0.25) is 0 Å². The Kier molecular flexibility index (Phi) is 3.71. The first-order chi connectivity index (χ1) is 7.39. The lowest BCUT2D eigenvalue weighted by atomic mass is 10.1. The number of hydrogen-bond donors (Lipinski definition) is 2. The predicted octanol–water partition coefficient (Wildman–Crippen LogP) is 1.24. The molecule has 4 nitrogen and oxygen atoms in total. The molecule has 0 radical (unpaired) electrons. The van der Waals surface area contributed by atoms with E-state index in [0.29, 0.717) is 11.1 Å². The zero-order valence-corrected chi connectivity index (χ0v) is 8.51. The molecule has 1 aromatic rings. The molecule has 7 heteroatoms. The Balaban J connectivity index is 3.16. The van der Waals surface area contributed by atoms with Crippen LogP contribution in [0, 0.1) is 6.92 Å². The fourth-order valence-corrected chi connectivity index (χ4v) is 1.26. The van der Waals surface area contributed by atoms with Crippen LogP contribution >= 0.6 is 0 Å². The molecule has 1 aromatic heterocycles. The number of aliphatic hydroxyl groups is 1. The van der Waals surface area contributed by atoms with Gasteiger partial charge in [0, 0.05) is 18.3 Å². The summed E-state index contributed by atoms with van der Waals surface area (Å²) in [5.41, 5.74) is 6.39. The quantitative estimate of drug-likeness (QED) is 0.828. The second-order valence-electron chi connectivity index (χ2n) is 3.10. The van der Waals surface area contributed by atoms with Crippen LogP contribution in [0.2, 0.25) is 0 Å². The molecule has 0 aliphatic heterocycles. The van der Waals surface area contributed by atoms with E-state index < -0.39 is 18.8 Å². The number of hydrogen-bond acceptors (Lipinski definition) is 4. The molecule has 0 unspecified atom stereocenters. The molecule has 0 aliphatic rings. The lowest BCUT2D eigenvalue weighted by molar-refractivity contribution is -0.276. The van der Waals surface area contributed by atoms with Crippen LogP contribution in [-0.4, -0.2) is 16.5 Å². The van der Waals surface area contributed by atoms with Gasteiger partial charge in [0.05, 0.1) is 6.61 Å². The summed E-state index contributed by atoms with van der Waals surface area (Å²) in [6.07, 6.45) is -3.62. The van der Waals surface area contributed by atoms with E-state index in [1.807, 2.05) is 0 Å². The Bertz CT molecular complexity index is 380. The number of aromatic nitrogens is 1. The van der Waals surface area contributed by atoms with Gasteiger partial charge < -0.3 is 15.6 Å². The summed E-state index contributed by atoms with van der Waals surface area (Å²) < 4.78 is 39.7. The van der Waals surface area contributed by atoms with Crippen LogP contribution in [0.15, 0.2) is 6.20 Å². The molecule has 0 amide bonds. The SMILES string of the molecule is Cc1c(CN)cnc(OC(F)(F)F)c1CO. The van der Waals surface area contributed by atoms with Crippen molar-refractivity contribution in [1.82, 2.24) is 4.98 Å². The molecule has 0 fully saturated rings. The van der Waals surface area contributed by atoms with Crippen LogP contribution in [-0.2, 0) is 13.2 Å². The van der Waals surface area contributed by atoms with Gasteiger partial charge in [0.1, 0.15) is 0 Å². The van der Waals surface area contributed by atoms with Gasteiger partial charge in [-0.1, -0.05) is 0 Å². The van der Waals surface area contributed by atoms with Crippen molar-refractivity contribution in [2.24, 2.45) is 5.73 Å². The maximum Gasteiger partial charge on any atom is 0.574 e. The Morgan fingerprint density at radius 1 is 1.50 bits per heavy atom. The maximum atomic E-state index is 12.0. The zero-order chi connectivity index (χ0) is 12.3. The molecule has 0 saturated heterocycles. The van der Waals surface area contributed by atoms with Gasteiger partial charge >= 0.3 is 6.36 Å². The van der Waals surface area contributed by atoms with Crippen molar-refractivity contribution in [2.45, 2.75) is 26.4 Å². The largest absolute Gasteiger partial charge is 0.574 e. The Labute approximate surface area is 89.9 Å². The topological polar surface area (TPSA) is 68.4 Å². The van der Waals surface area contributed by atoms with E-state index in [9.17, 15) is 13.2 Å². The highest BCUT2D eigenvalue weighted by atomic mass is 19.4. The van der Waals surface area contributed by atoms with Crippen LogP contribution in [0.4, 0.5) is 13.2 Å². The Morgan fingerprint density at radius 3 is 2.56 bits per heavy atom. The Hall–Kier alpha value is -1.34. The van der Waals surface area contributed by atoms with Crippen molar-refractivity contribution < 1.29 is 23.0 Å². The highest BCUT2D eigenvalue weighted by Gasteiger charge is 2.33. The minimum atomic E-state index is -4.83. The summed E-state index contributed by atoms with van der Waals surface area (Å²) in [5, 5.41) is 8.99. The van der Waals surface area contributed by atoms with Gasteiger partial charge in [0.2, 0.25) is 5.88 Å². The van der Waals surface area contributed by atoms with Crippen LogP contribution in [0.1, 0.15) is 16.7 Å². The normalized spacial score (nSPS) is 11.6. The van der Waals surface area contributed by atoms with Gasteiger partial charge in [-0.25, -0.2) is 4.98 Å². The first kappa shape index (κ1) is 12.7. The number of nitrogens with two attached hydrogens (primary N) is 1. The van der Waals surface area contributed by atoms with Gasteiger partial charge in [0.25, 0.3) is 0 Å². The Morgan fingerprint density at radius 2 is 2.12 bits per heavy atom. The number of pyridine rings is 1. The second kappa shape index (κ2) is 4.67. The van der Waals surface area contributed by atoms with E-state index in [4.69, 9.17) is 10.8 Å². The standard InChI is InChI=1S/C9H11F3N2O2/c1-5-6(2-13)3-14-8(7(5)4-15)16-9(10,11)12/h3,15H,2,4,13H2,1H3. The third kappa shape index (κ3) is 2.83. The van der Waals surface area contributed by atoms with Crippen molar-refractivity contribution in [1.29, 1.82) is 0 Å². The van der Waals surface area contributed by atoms with Crippen molar-refractivity contribution in [2.75, 3.05) is 0 Å². The minimum Gasteiger partial charge on any atom is -0.391 e. The monoisotopic (exact) mass is 236 g/mol. The number of nitrogens with zero attached hydrogens (tertiary/aromatic N) is 1. The average Bonchev–Trinajstić information content (AvgIpc) is 2.16. The van der Waals surface area contributed by atoms with E-state index in [-0.39, 0.29) is 12.1 Å². The van der Waals surface area contributed by atoms with E-state index in [0.717, 1.165) is 0 Å². The maximum absolute atomic E-state index is 12.0. The first-order valence-electron chi connectivity index (χ1n) is 4.43. The van der Waals surface area contributed by atoms with Crippen LogP contribution in [0.5, 0.6) is 5.88 Å². The summed E-state index contributed by atoms with van der Waals surface area (Å²) in [4.78, 5) is 3.48. The van der Waals surface area contributed by atoms with Gasteiger partial charge in [-0.2, -0.15) is 0 Å². The molecule has 1 rings (SSSR count). The molecule has 90 valence electrons. The molecular formula is C9H11F3N2O2. The summed E-state index contributed by atoms with van der Waals surface area (Å²) in [7, 11) is 0. The van der Waals surface area contributed by atoms with Crippen molar-refractivity contribution in [3.8, 4) is 5.88 Å². The van der Waals surface area contributed by atoms with Gasteiger partial charge in [-0.15, -0.1) is 13.2 Å². The molecule has 16 heavy (non-hydrogen) atoms. The van der Waals surface area contributed by atoms with E-state index in [2.05, 4.69) is 9.72 Å². The lowest BCUT2D eigenvalue weighted by Crippen LogP contribution is -2.20. The lowest BCUT2D eigenvalue weighted by Gasteiger charge is -2.14. The molecule has 0 spiro atoms. The number of alkyl halides is 3. The summed E-state index contributed by atoms with van der Waals surface area (Å²) in [6, 6.07) is 0. The highest BCUT2D eigenvalue weighted by molar-refractivity contribution is 5.38. The molecule has 0 saturated carbocycles. The van der Waals surface area contributed by atoms with E-state index >= 15 is 0 Å². The van der Waals surface area contributed by atoms with E-state index in [1.165, 1.54) is 6.20 Å². The molecule has 0 atom stereocenters. The fourth-order valence-electron chi connectivity index (χ4n) is 1.26. The summed E-state index contributed by atoms with van der Waals surface area (Å²) in [6.45, 7) is 1.11. The number of aliphatic hydroxyl groups excluding tert-OH is 1. The average molecular weight is 236 g/mol. The summed E-state index contributed by atoms with van der Waals surface area (Å²) >= 11 is 0. The first-order valence-corrected chi connectivity index (χ1v) is 4.43. The van der Waals surface area contributed by atoms with E-state index in [1.54, 1.807) is 6.92 Å². The second-order valence-corrected chi connectivity index (χ2v) is 3.10. The minimum absolute atomic E-state index is 0.000255. The third-order valence-electron chi connectivity index (χ3n) is 2.12. The molecule has 0 bridgehead atoms. The number of halogens is 3. The number of ether oxygens (including phenoxy) is 1. The molecule has 0 aromatic carbocycles. The van der Waals surface area contributed by atoms with Gasteiger partial charge in [0.15, 0.2) is 0 Å². The van der Waals surface area contributed by atoms with Crippen LogP contribution in [0.3, 0.4) is 0 Å². The molecule has 3 N–H and O–H groups in total. The molecular weight excluding hydrogens is 225 g/mol. The predicted molar refractivity (Wildman–Crippen MR) is 49.5 cm³/mol. The molecule has 0 aliphatic carbocycles. The third-order valence-corrected chi connectivity index (χ3v) is 2.12. The van der Waals surface area contributed by atoms with Crippen molar-refractivity contribution in [3.05, 3.63) is 22.9 Å².